The van der Waals surface area contributed by atoms with Gasteiger partial charge in [-0.2, -0.15) is 15.8 Å². The molecule has 15 heteroatoms. The Morgan fingerprint density at radius 2 is 0.905 bits per heavy atom. The minimum Gasteiger partial charge on any atom is -0.476 e. The summed E-state index contributed by atoms with van der Waals surface area (Å²) in [6, 6.07) is 0. The van der Waals surface area contributed by atoms with Crippen LogP contribution in [0, 0.1) is 34.6 Å². The van der Waals surface area contributed by atoms with Crippen molar-refractivity contribution in [1.82, 2.24) is 13.4 Å². The van der Waals surface area contributed by atoms with Crippen LogP contribution < -0.4 is 17.1 Å². The van der Waals surface area contributed by atoms with Crippen molar-refractivity contribution in [3.05, 3.63) is 31.5 Å². The summed E-state index contributed by atoms with van der Waals surface area (Å²) < 4.78 is 14.0. The summed E-state index contributed by atoms with van der Waals surface area (Å²) in [6.07, 6.45) is 3.74. The van der Waals surface area contributed by atoms with Crippen molar-refractivity contribution >= 4 is 22.9 Å². The number of nitrogens with zero attached hydrogens (tertiary/aromatic N) is 6. The van der Waals surface area contributed by atoms with Gasteiger partial charge in [0.05, 0.1) is 0 Å². The predicted molar refractivity (Wildman–Crippen MR) is 67.0 cm³/mol. The SMILES string of the molecule is N#COBn1c(=O)n(BOC#N)c(=O)n(BOC#N)c1=O. The fourth-order valence-electron chi connectivity index (χ4n) is 1.29. The zero-order valence-electron chi connectivity index (χ0n) is 10.3. The second-order valence-electron chi connectivity index (χ2n) is 3.23. The van der Waals surface area contributed by atoms with Crippen molar-refractivity contribution in [3.63, 3.8) is 0 Å². The lowest BCUT2D eigenvalue weighted by Gasteiger charge is -2.09. The van der Waals surface area contributed by atoms with Gasteiger partial charge in [0.15, 0.2) is 0 Å². The third kappa shape index (κ3) is 3.27. The molecule has 0 saturated carbocycles. The molecule has 0 aromatic carbocycles. The van der Waals surface area contributed by atoms with E-state index in [9.17, 15) is 14.4 Å². The molecule has 0 bridgehead atoms. The molecule has 0 unspecified atom stereocenters. The molecule has 0 amide bonds. The molecule has 0 saturated heterocycles. The molecule has 1 heterocycles. The van der Waals surface area contributed by atoms with Crippen LogP contribution in [0.25, 0.3) is 0 Å². The second kappa shape index (κ2) is 7.16. The molecule has 102 valence electrons. The van der Waals surface area contributed by atoms with E-state index in [1.807, 2.05) is 0 Å². The molecule has 0 aliphatic carbocycles. The van der Waals surface area contributed by atoms with Crippen LogP contribution >= 0.6 is 0 Å². The van der Waals surface area contributed by atoms with Gasteiger partial charge in [0.2, 0.25) is 0 Å². The lowest BCUT2D eigenvalue weighted by molar-refractivity contribution is 0.493. The van der Waals surface area contributed by atoms with Crippen LogP contribution in [-0.4, -0.2) is 36.3 Å². The molecule has 12 nitrogen and oxygen atoms in total. The van der Waals surface area contributed by atoms with E-state index in [0.29, 0.717) is 13.4 Å². The summed E-state index contributed by atoms with van der Waals surface area (Å²) in [4.78, 5) is 35.6. The van der Waals surface area contributed by atoms with Crippen molar-refractivity contribution in [2.75, 3.05) is 0 Å². The summed E-state index contributed by atoms with van der Waals surface area (Å²) in [6.45, 7) is 0. The maximum Gasteiger partial charge on any atom is 0.488 e. The van der Waals surface area contributed by atoms with Gasteiger partial charge < -0.3 is 14.0 Å². The van der Waals surface area contributed by atoms with Gasteiger partial charge in [0, 0.05) is 0 Å². The van der Waals surface area contributed by atoms with Gasteiger partial charge in [-0.3, -0.25) is 13.4 Å². The van der Waals surface area contributed by atoms with Crippen LogP contribution in [0.15, 0.2) is 14.4 Å². The number of hydrogen-bond acceptors (Lipinski definition) is 9. The molecule has 0 aliphatic rings. The summed E-state index contributed by atoms with van der Waals surface area (Å²) in [7, 11) is -2.27. The van der Waals surface area contributed by atoms with Crippen molar-refractivity contribution < 1.29 is 14.0 Å². The van der Waals surface area contributed by atoms with E-state index in [1.54, 1.807) is 0 Å². The Morgan fingerprint density at radius 1 is 0.667 bits per heavy atom. The van der Waals surface area contributed by atoms with E-state index in [-0.39, 0.29) is 0 Å². The zero-order valence-corrected chi connectivity index (χ0v) is 10.3. The molecule has 0 spiro atoms. The largest absolute Gasteiger partial charge is 0.488 e. The summed E-state index contributed by atoms with van der Waals surface area (Å²) >= 11 is 0. The normalized spacial score (nSPS) is 8.43. The van der Waals surface area contributed by atoms with E-state index in [1.165, 1.54) is 18.8 Å². The summed E-state index contributed by atoms with van der Waals surface area (Å²) in [5.74, 6) is 0. The maximum atomic E-state index is 11.9. The first-order valence-electron chi connectivity index (χ1n) is 5.05. The summed E-state index contributed by atoms with van der Waals surface area (Å²) in [5.41, 5.74) is -3.45. The van der Waals surface area contributed by atoms with Crippen LogP contribution in [0.4, 0.5) is 0 Å². The van der Waals surface area contributed by atoms with E-state index < -0.39 is 39.9 Å². The number of rotatable bonds is 6. The Bertz CT molecular complexity index is 681. The highest BCUT2D eigenvalue weighted by Crippen LogP contribution is 1.73. The van der Waals surface area contributed by atoms with E-state index in [4.69, 9.17) is 15.8 Å². The average Bonchev–Trinajstić information content (AvgIpc) is 2.47. The minimum absolute atomic E-state index is 0.395. The molecule has 0 N–H and O–H groups in total. The standard InChI is InChI=1S/C6H3B3N6O6/c10-1-19-7-13-4(16)14(8-20-2-11)6(18)15(5(13)17)9-21-3-12/h7-9H. The maximum absolute atomic E-state index is 11.9. The molecule has 0 atom stereocenters. The first kappa shape index (κ1) is 15.5. The number of aromatic nitrogens is 3. The van der Waals surface area contributed by atoms with Gasteiger partial charge in [-0.15, -0.1) is 0 Å². The quantitative estimate of drug-likeness (QED) is 0.367. The fraction of sp³-hybridized carbons (Fsp3) is 0. The van der Waals surface area contributed by atoms with Gasteiger partial charge >= 0.3 is 39.9 Å². The van der Waals surface area contributed by atoms with Gasteiger partial charge in [0.25, 0.3) is 18.8 Å². The second-order valence-corrected chi connectivity index (χ2v) is 3.23. The number of nitriles is 3. The molecule has 1 rings (SSSR count). The van der Waals surface area contributed by atoms with Gasteiger partial charge in [-0.25, -0.2) is 14.4 Å². The highest BCUT2D eigenvalue weighted by atomic mass is 16.4. The predicted octanol–water partition coefficient (Wildman–Crippen LogP) is -4.99. The molecule has 21 heavy (non-hydrogen) atoms. The van der Waals surface area contributed by atoms with E-state index in [0.717, 1.165) is 0 Å². The van der Waals surface area contributed by atoms with Crippen LogP contribution in [0.2, 0.25) is 0 Å². The lowest BCUT2D eigenvalue weighted by Crippen LogP contribution is -2.58. The van der Waals surface area contributed by atoms with Crippen molar-refractivity contribution in [1.29, 1.82) is 15.8 Å². The molecular weight excluding hydrogens is 285 g/mol. The summed E-state index contributed by atoms with van der Waals surface area (Å²) in [5, 5.41) is 24.9. The van der Waals surface area contributed by atoms with E-state index >= 15 is 0 Å². The van der Waals surface area contributed by atoms with E-state index in [2.05, 4.69) is 14.0 Å². The highest BCUT2D eigenvalue weighted by molar-refractivity contribution is 6.28. The Labute approximate surface area is 117 Å². The third-order valence-corrected chi connectivity index (χ3v) is 2.16. The van der Waals surface area contributed by atoms with Crippen molar-refractivity contribution in [2.24, 2.45) is 0 Å². The fourth-order valence-corrected chi connectivity index (χ4v) is 1.29. The van der Waals surface area contributed by atoms with Gasteiger partial charge in [0.1, 0.15) is 0 Å². The molecule has 1 aromatic rings. The molecule has 0 fully saturated rings. The van der Waals surface area contributed by atoms with Gasteiger partial charge in [-0.1, -0.05) is 0 Å². The smallest absolute Gasteiger partial charge is 0.476 e. The zero-order chi connectivity index (χ0) is 15.8. The minimum atomic E-state index is -1.15. The van der Waals surface area contributed by atoms with Crippen molar-refractivity contribution in [3.8, 4) is 18.8 Å². The Balaban J connectivity index is 3.52. The highest BCUT2D eigenvalue weighted by Gasteiger charge is 2.19. The van der Waals surface area contributed by atoms with Crippen LogP contribution in [-0.2, 0) is 14.0 Å². The first-order valence-corrected chi connectivity index (χ1v) is 5.05. The Morgan fingerprint density at radius 3 is 1.10 bits per heavy atom. The molecule has 0 radical (unpaired) electrons. The first-order chi connectivity index (χ1) is 10.1. The van der Waals surface area contributed by atoms with Crippen LogP contribution in [0.1, 0.15) is 0 Å². The topological polar surface area (TPSA) is 165 Å². The molecule has 0 aliphatic heterocycles. The monoisotopic (exact) mass is 288 g/mol. The van der Waals surface area contributed by atoms with Crippen molar-refractivity contribution in [2.45, 2.75) is 0 Å². The number of hydrogen-bond donors (Lipinski definition) is 0. The Hall–Kier alpha value is -3.53. The molecule has 1 aromatic heterocycles. The lowest BCUT2D eigenvalue weighted by atomic mass is 10.2. The third-order valence-electron chi connectivity index (χ3n) is 2.16. The van der Waals surface area contributed by atoms with Gasteiger partial charge in [-0.05, 0) is 0 Å². The average molecular weight is 288 g/mol. The van der Waals surface area contributed by atoms with Crippen LogP contribution in [0.3, 0.4) is 0 Å². The Kier molecular flexibility index (Phi) is 5.30. The van der Waals surface area contributed by atoms with Crippen LogP contribution in [0.5, 0.6) is 0 Å². The molecular formula is C6H3B3N6O6.